The van der Waals surface area contributed by atoms with E-state index in [1.807, 2.05) is 6.92 Å². The van der Waals surface area contributed by atoms with Gasteiger partial charge in [0, 0.05) is 28.5 Å². The Bertz CT molecular complexity index is 587. The zero-order chi connectivity index (χ0) is 13.3. The van der Waals surface area contributed by atoms with Crippen LogP contribution in [0.15, 0.2) is 24.4 Å². The van der Waals surface area contributed by atoms with Gasteiger partial charge in [-0.3, -0.25) is 9.48 Å². The Labute approximate surface area is 115 Å². The molecule has 0 aliphatic heterocycles. The van der Waals surface area contributed by atoms with Gasteiger partial charge in [-0.25, -0.2) is 0 Å². The first-order valence-electron chi connectivity index (χ1n) is 5.23. The van der Waals surface area contributed by atoms with Gasteiger partial charge in [0.05, 0.1) is 11.8 Å². The van der Waals surface area contributed by atoms with Crippen molar-refractivity contribution in [1.29, 1.82) is 0 Å². The summed E-state index contributed by atoms with van der Waals surface area (Å²) in [5.74, 6) is -0.237. The van der Waals surface area contributed by atoms with Gasteiger partial charge in [-0.15, -0.1) is 0 Å². The highest BCUT2D eigenvalue weighted by atomic mass is 35.5. The van der Waals surface area contributed by atoms with Crippen LogP contribution in [0.2, 0.25) is 10.0 Å². The van der Waals surface area contributed by atoms with Crippen molar-refractivity contribution in [3.05, 3.63) is 45.7 Å². The van der Waals surface area contributed by atoms with Crippen molar-refractivity contribution in [1.82, 2.24) is 9.78 Å². The summed E-state index contributed by atoms with van der Waals surface area (Å²) in [7, 11) is 1.78. The molecule has 0 unspecified atom stereocenters. The first-order valence-corrected chi connectivity index (χ1v) is 5.99. The van der Waals surface area contributed by atoms with E-state index < -0.39 is 0 Å². The molecule has 1 N–H and O–H groups in total. The molecule has 1 aromatic carbocycles. The molecule has 0 radical (unpaired) electrons. The van der Waals surface area contributed by atoms with Crippen LogP contribution in [-0.4, -0.2) is 15.7 Å². The molecule has 0 atom stereocenters. The maximum atomic E-state index is 12.0. The van der Waals surface area contributed by atoms with Gasteiger partial charge < -0.3 is 5.32 Å². The molecule has 2 aromatic rings. The number of rotatable bonds is 2. The second-order valence-corrected chi connectivity index (χ2v) is 4.75. The zero-order valence-corrected chi connectivity index (χ0v) is 11.4. The van der Waals surface area contributed by atoms with E-state index in [-0.39, 0.29) is 5.91 Å². The molecule has 1 aromatic heterocycles. The van der Waals surface area contributed by atoms with Crippen molar-refractivity contribution >= 4 is 34.8 Å². The fourth-order valence-electron chi connectivity index (χ4n) is 1.55. The van der Waals surface area contributed by atoms with Crippen molar-refractivity contribution < 1.29 is 4.79 Å². The minimum absolute atomic E-state index is 0.237. The third-order valence-corrected chi connectivity index (χ3v) is 3.04. The highest BCUT2D eigenvalue weighted by Gasteiger charge is 2.13. The van der Waals surface area contributed by atoms with Gasteiger partial charge in [-0.1, -0.05) is 23.2 Å². The summed E-state index contributed by atoms with van der Waals surface area (Å²) in [4.78, 5) is 12.0. The number of amides is 1. The van der Waals surface area contributed by atoms with Crippen molar-refractivity contribution in [2.75, 3.05) is 5.32 Å². The van der Waals surface area contributed by atoms with Gasteiger partial charge in [-0.05, 0) is 25.1 Å². The maximum absolute atomic E-state index is 12.0. The third kappa shape index (κ3) is 2.66. The predicted molar refractivity (Wildman–Crippen MR) is 72.4 cm³/mol. The predicted octanol–water partition coefficient (Wildman–Crippen LogP) is 3.29. The van der Waals surface area contributed by atoms with E-state index in [4.69, 9.17) is 23.2 Å². The monoisotopic (exact) mass is 283 g/mol. The van der Waals surface area contributed by atoms with E-state index >= 15 is 0 Å². The summed E-state index contributed by atoms with van der Waals surface area (Å²) >= 11 is 11.7. The molecule has 6 heteroatoms. The Balaban J connectivity index is 2.24. The van der Waals surface area contributed by atoms with Gasteiger partial charge in [0.25, 0.3) is 5.91 Å². The van der Waals surface area contributed by atoms with Crippen molar-refractivity contribution in [3.63, 3.8) is 0 Å². The van der Waals surface area contributed by atoms with Crippen LogP contribution in [-0.2, 0) is 7.05 Å². The standard InChI is InChI=1S/C12H11Cl2N3O/c1-7-11(6-15-17(7)2)12(18)16-10-4-8(13)3-9(14)5-10/h3-6H,1-2H3,(H,16,18). The molecular weight excluding hydrogens is 273 g/mol. The molecule has 0 aliphatic carbocycles. The number of nitrogens with zero attached hydrogens (tertiary/aromatic N) is 2. The van der Waals surface area contributed by atoms with Crippen molar-refractivity contribution in [3.8, 4) is 0 Å². The fraction of sp³-hybridized carbons (Fsp3) is 0.167. The number of aryl methyl sites for hydroxylation is 1. The SMILES string of the molecule is Cc1c(C(=O)Nc2cc(Cl)cc(Cl)c2)cnn1C. The lowest BCUT2D eigenvalue weighted by Crippen LogP contribution is -2.12. The quantitative estimate of drug-likeness (QED) is 0.919. The van der Waals surface area contributed by atoms with E-state index in [2.05, 4.69) is 10.4 Å². The van der Waals surface area contributed by atoms with E-state index in [9.17, 15) is 4.79 Å². The normalized spacial score (nSPS) is 10.4. The second-order valence-electron chi connectivity index (χ2n) is 3.88. The molecule has 94 valence electrons. The number of aromatic nitrogens is 2. The summed E-state index contributed by atoms with van der Waals surface area (Å²) in [5, 5.41) is 7.70. The molecule has 1 amide bonds. The third-order valence-electron chi connectivity index (χ3n) is 2.60. The molecule has 0 saturated heterocycles. The largest absolute Gasteiger partial charge is 0.322 e. The van der Waals surface area contributed by atoms with Gasteiger partial charge in [0.2, 0.25) is 0 Å². The second kappa shape index (κ2) is 5.00. The van der Waals surface area contributed by atoms with Gasteiger partial charge in [-0.2, -0.15) is 5.10 Å². The lowest BCUT2D eigenvalue weighted by Gasteiger charge is -2.06. The van der Waals surface area contributed by atoms with Gasteiger partial charge >= 0.3 is 0 Å². The maximum Gasteiger partial charge on any atom is 0.259 e. The molecule has 0 aliphatic rings. The number of halogens is 2. The highest BCUT2D eigenvalue weighted by Crippen LogP contribution is 2.23. The van der Waals surface area contributed by atoms with E-state index in [1.165, 1.54) is 6.20 Å². The number of nitrogens with one attached hydrogen (secondary N) is 1. The number of carbonyl (C=O) groups excluding carboxylic acids is 1. The molecule has 2 rings (SSSR count). The van der Waals surface area contributed by atoms with E-state index in [0.717, 1.165) is 5.69 Å². The van der Waals surface area contributed by atoms with Gasteiger partial charge in [0.15, 0.2) is 0 Å². The van der Waals surface area contributed by atoms with Crippen LogP contribution in [0.3, 0.4) is 0 Å². The average molecular weight is 284 g/mol. The van der Waals surface area contributed by atoms with E-state index in [1.54, 1.807) is 29.9 Å². The Morgan fingerprint density at radius 3 is 2.39 bits per heavy atom. The Morgan fingerprint density at radius 2 is 1.89 bits per heavy atom. The number of carbonyl (C=O) groups is 1. The lowest BCUT2D eigenvalue weighted by molar-refractivity contribution is 0.102. The zero-order valence-electron chi connectivity index (χ0n) is 9.87. The topological polar surface area (TPSA) is 46.9 Å². The van der Waals surface area contributed by atoms with Crippen molar-refractivity contribution in [2.45, 2.75) is 6.92 Å². The lowest BCUT2D eigenvalue weighted by atomic mass is 10.2. The Hall–Kier alpha value is -1.52. The Kier molecular flexibility index (Phi) is 3.59. The molecule has 0 saturated carbocycles. The first kappa shape index (κ1) is 12.9. The van der Waals surface area contributed by atoms with Gasteiger partial charge in [0.1, 0.15) is 0 Å². The van der Waals surface area contributed by atoms with Crippen LogP contribution in [0.25, 0.3) is 0 Å². The fourth-order valence-corrected chi connectivity index (χ4v) is 2.07. The summed E-state index contributed by atoms with van der Waals surface area (Å²) in [5.41, 5.74) is 1.87. The highest BCUT2D eigenvalue weighted by molar-refractivity contribution is 6.35. The van der Waals surface area contributed by atoms with Crippen LogP contribution < -0.4 is 5.32 Å². The van der Waals surface area contributed by atoms with Crippen LogP contribution >= 0.6 is 23.2 Å². The minimum atomic E-state index is -0.237. The van der Waals surface area contributed by atoms with E-state index in [0.29, 0.717) is 21.3 Å². The summed E-state index contributed by atoms with van der Waals surface area (Å²) in [6.07, 6.45) is 1.52. The Morgan fingerprint density at radius 1 is 1.28 bits per heavy atom. The van der Waals surface area contributed by atoms with Crippen molar-refractivity contribution in [2.24, 2.45) is 7.05 Å². The summed E-state index contributed by atoms with van der Waals surface area (Å²) in [6, 6.07) is 4.88. The first-order chi connectivity index (χ1) is 8.47. The molecule has 1 heterocycles. The van der Waals surface area contributed by atoms with Crippen LogP contribution in [0.4, 0.5) is 5.69 Å². The smallest absolute Gasteiger partial charge is 0.259 e. The summed E-state index contributed by atoms with van der Waals surface area (Å²) in [6.45, 7) is 1.83. The molecule has 0 fully saturated rings. The number of benzene rings is 1. The molecule has 0 bridgehead atoms. The number of hydrogen-bond acceptors (Lipinski definition) is 2. The van der Waals surface area contributed by atoms with Crippen LogP contribution in [0, 0.1) is 6.92 Å². The molecule has 4 nitrogen and oxygen atoms in total. The van der Waals surface area contributed by atoms with Crippen LogP contribution in [0.1, 0.15) is 16.1 Å². The molecule has 0 spiro atoms. The summed E-state index contributed by atoms with van der Waals surface area (Å²) < 4.78 is 1.64. The molecular formula is C12H11Cl2N3O. The van der Waals surface area contributed by atoms with Crippen LogP contribution in [0.5, 0.6) is 0 Å². The minimum Gasteiger partial charge on any atom is -0.322 e. The molecule has 18 heavy (non-hydrogen) atoms. The number of anilines is 1. The number of hydrogen-bond donors (Lipinski definition) is 1. The average Bonchev–Trinajstić information content (AvgIpc) is 2.58.